The molecule has 0 spiro atoms. The van der Waals surface area contributed by atoms with Crippen molar-refractivity contribution < 1.29 is 17.5 Å². The zero-order chi connectivity index (χ0) is 19.7. The van der Waals surface area contributed by atoms with Gasteiger partial charge in [0.15, 0.2) is 0 Å². The fourth-order valence-electron chi connectivity index (χ4n) is 4.31. The molecule has 2 saturated heterocycles. The first-order chi connectivity index (χ1) is 13.5. The van der Waals surface area contributed by atoms with Crippen LogP contribution in [0.25, 0.3) is 0 Å². The first-order valence-corrected chi connectivity index (χ1v) is 11.3. The Balaban J connectivity index is 1.50. The van der Waals surface area contributed by atoms with Crippen molar-refractivity contribution in [1.29, 1.82) is 0 Å². The highest BCUT2D eigenvalue weighted by Crippen LogP contribution is 2.33. The highest BCUT2D eigenvalue weighted by atomic mass is 32.2. The van der Waals surface area contributed by atoms with Crippen molar-refractivity contribution in [1.82, 2.24) is 13.9 Å². The summed E-state index contributed by atoms with van der Waals surface area (Å²) in [7, 11) is -3.67. The van der Waals surface area contributed by atoms with Gasteiger partial charge in [-0.25, -0.2) is 17.8 Å². The van der Waals surface area contributed by atoms with Crippen LogP contribution in [0, 0.1) is 12.7 Å². The summed E-state index contributed by atoms with van der Waals surface area (Å²) in [5.74, 6) is 0.967. The minimum absolute atomic E-state index is 0.0210. The number of imidazole rings is 1. The van der Waals surface area contributed by atoms with E-state index in [-0.39, 0.29) is 10.9 Å². The maximum Gasteiger partial charge on any atom is 0.243 e. The van der Waals surface area contributed by atoms with Crippen molar-refractivity contribution in [2.45, 2.75) is 49.5 Å². The van der Waals surface area contributed by atoms with Crippen LogP contribution in [0.1, 0.15) is 49.2 Å². The lowest BCUT2D eigenvalue weighted by molar-refractivity contribution is 0.0820. The molecular weight excluding hydrogens is 381 g/mol. The Morgan fingerprint density at radius 2 is 1.86 bits per heavy atom. The Labute approximate surface area is 165 Å². The van der Waals surface area contributed by atoms with Crippen LogP contribution in [0.4, 0.5) is 4.39 Å². The Hall–Kier alpha value is -1.77. The molecule has 8 heteroatoms. The lowest BCUT2D eigenvalue weighted by Gasteiger charge is -2.34. The molecule has 6 nitrogen and oxygen atoms in total. The molecule has 0 amide bonds. The smallest absolute Gasteiger partial charge is 0.243 e. The largest absolute Gasteiger partial charge is 0.381 e. The molecule has 2 aliphatic rings. The lowest BCUT2D eigenvalue weighted by atomic mass is 9.98. The summed E-state index contributed by atoms with van der Waals surface area (Å²) >= 11 is 0. The van der Waals surface area contributed by atoms with Crippen LogP contribution in [0.2, 0.25) is 0 Å². The third kappa shape index (κ3) is 3.73. The summed E-state index contributed by atoms with van der Waals surface area (Å²) < 4.78 is 48.4. The second kappa shape index (κ2) is 7.93. The molecule has 0 atom stereocenters. The van der Waals surface area contributed by atoms with Gasteiger partial charge >= 0.3 is 0 Å². The Kier molecular flexibility index (Phi) is 5.53. The van der Waals surface area contributed by atoms with Crippen molar-refractivity contribution in [3.05, 3.63) is 47.8 Å². The molecule has 0 aliphatic carbocycles. The SMILES string of the molecule is Cc1cnc(C2CCOCC2)n1C1CCN(S(=O)(=O)c2cccc(F)c2)CC1. The van der Waals surface area contributed by atoms with Gasteiger partial charge in [-0.3, -0.25) is 0 Å². The molecule has 0 N–H and O–H groups in total. The van der Waals surface area contributed by atoms with Gasteiger partial charge in [-0.1, -0.05) is 6.07 Å². The average molecular weight is 408 g/mol. The van der Waals surface area contributed by atoms with Gasteiger partial charge in [-0.05, 0) is 50.8 Å². The van der Waals surface area contributed by atoms with E-state index in [9.17, 15) is 12.8 Å². The molecule has 1 aromatic carbocycles. The van der Waals surface area contributed by atoms with Gasteiger partial charge in [-0.15, -0.1) is 0 Å². The minimum Gasteiger partial charge on any atom is -0.381 e. The molecule has 0 radical (unpaired) electrons. The van der Waals surface area contributed by atoms with Crippen LogP contribution in [-0.2, 0) is 14.8 Å². The quantitative estimate of drug-likeness (QED) is 0.780. The zero-order valence-electron chi connectivity index (χ0n) is 16.1. The van der Waals surface area contributed by atoms with Gasteiger partial charge in [0.25, 0.3) is 0 Å². The summed E-state index contributed by atoms with van der Waals surface area (Å²) in [4.78, 5) is 4.69. The van der Waals surface area contributed by atoms with Gasteiger partial charge in [0, 0.05) is 50.2 Å². The number of hydrogen-bond acceptors (Lipinski definition) is 4. The van der Waals surface area contributed by atoms with Crippen LogP contribution in [-0.4, -0.2) is 48.6 Å². The molecule has 0 saturated carbocycles. The van der Waals surface area contributed by atoms with Gasteiger partial charge in [0.05, 0.1) is 4.90 Å². The van der Waals surface area contributed by atoms with E-state index >= 15 is 0 Å². The number of nitrogens with zero attached hydrogens (tertiary/aromatic N) is 3. The summed E-state index contributed by atoms with van der Waals surface area (Å²) in [6.45, 7) is 4.44. The van der Waals surface area contributed by atoms with E-state index in [0.717, 1.165) is 56.5 Å². The van der Waals surface area contributed by atoms with Gasteiger partial charge in [-0.2, -0.15) is 4.31 Å². The Morgan fingerprint density at radius 3 is 2.54 bits per heavy atom. The number of halogens is 1. The zero-order valence-corrected chi connectivity index (χ0v) is 16.9. The summed E-state index contributed by atoms with van der Waals surface area (Å²) in [5, 5.41) is 0. The lowest BCUT2D eigenvalue weighted by Crippen LogP contribution is -2.39. The van der Waals surface area contributed by atoms with Crippen molar-refractivity contribution in [3.63, 3.8) is 0 Å². The average Bonchev–Trinajstić information content (AvgIpc) is 3.10. The molecule has 0 unspecified atom stereocenters. The minimum atomic E-state index is -3.67. The highest BCUT2D eigenvalue weighted by molar-refractivity contribution is 7.89. The number of aryl methyl sites for hydroxylation is 1. The van der Waals surface area contributed by atoms with E-state index in [1.165, 1.54) is 22.5 Å². The van der Waals surface area contributed by atoms with E-state index in [1.54, 1.807) is 0 Å². The van der Waals surface area contributed by atoms with Gasteiger partial charge in [0.1, 0.15) is 11.6 Å². The second-order valence-electron chi connectivity index (χ2n) is 7.61. The van der Waals surface area contributed by atoms with Crippen LogP contribution in [0.15, 0.2) is 35.4 Å². The normalized spacial score (nSPS) is 20.5. The molecule has 2 fully saturated rings. The monoisotopic (exact) mass is 407 g/mol. The van der Waals surface area contributed by atoms with Crippen LogP contribution in [0.5, 0.6) is 0 Å². The molecule has 2 aliphatic heterocycles. The second-order valence-corrected chi connectivity index (χ2v) is 9.54. The number of hydrogen-bond donors (Lipinski definition) is 0. The predicted octanol–water partition coefficient (Wildman–Crippen LogP) is 3.25. The molecular formula is C20H26FN3O3S. The first-order valence-electron chi connectivity index (χ1n) is 9.84. The van der Waals surface area contributed by atoms with E-state index in [1.807, 2.05) is 6.20 Å². The molecule has 3 heterocycles. The van der Waals surface area contributed by atoms with Gasteiger partial charge < -0.3 is 9.30 Å². The third-order valence-corrected chi connectivity index (χ3v) is 7.71. The van der Waals surface area contributed by atoms with E-state index in [0.29, 0.717) is 19.0 Å². The molecule has 1 aromatic heterocycles. The van der Waals surface area contributed by atoms with E-state index in [4.69, 9.17) is 4.74 Å². The number of sulfonamides is 1. The Morgan fingerprint density at radius 1 is 1.14 bits per heavy atom. The molecule has 28 heavy (non-hydrogen) atoms. The predicted molar refractivity (Wildman–Crippen MR) is 103 cm³/mol. The molecule has 0 bridgehead atoms. The Bertz CT molecular complexity index is 930. The number of rotatable bonds is 4. The number of benzene rings is 1. The van der Waals surface area contributed by atoms with Crippen molar-refractivity contribution in [2.24, 2.45) is 0 Å². The van der Waals surface area contributed by atoms with Crippen LogP contribution >= 0.6 is 0 Å². The number of aromatic nitrogens is 2. The number of piperidine rings is 1. The van der Waals surface area contributed by atoms with Crippen molar-refractivity contribution in [3.8, 4) is 0 Å². The summed E-state index contributed by atoms with van der Waals surface area (Å²) in [6.07, 6.45) is 5.32. The van der Waals surface area contributed by atoms with E-state index in [2.05, 4.69) is 16.5 Å². The standard InChI is InChI=1S/C20H26FN3O3S/c1-15-14-22-20(16-7-11-27-12-8-16)24(15)18-5-9-23(10-6-18)28(25,26)19-4-2-3-17(21)13-19/h2-4,13-14,16,18H,5-12H2,1H3. The molecule has 2 aromatic rings. The van der Waals surface area contributed by atoms with Gasteiger partial charge in [0.2, 0.25) is 10.0 Å². The maximum absolute atomic E-state index is 13.5. The summed E-state index contributed by atoms with van der Waals surface area (Å²) in [5.41, 5.74) is 1.12. The fraction of sp³-hybridized carbons (Fsp3) is 0.550. The first kappa shape index (κ1) is 19.5. The highest BCUT2D eigenvalue weighted by Gasteiger charge is 2.32. The van der Waals surface area contributed by atoms with Crippen molar-refractivity contribution in [2.75, 3.05) is 26.3 Å². The summed E-state index contributed by atoms with van der Waals surface area (Å²) in [6, 6.07) is 5.46. The fourth-order valence-corrected chi connectivity index (χ4v) is 5.82. The molecule has 4 rings (SSSR count). The number of ether oxygens (including phenoxy) is 1. The third-order valence-electron chi connectivity index (χ3n) is 5.82. The van der Waals surface area contributed by atoms with Crippen LogP contribution < -0.4 is 0 Å². The van der Waals surface area contributed by atoms with Crippen LogP contribution in [0.3, 0.4) is 0 Å². The topological polar surface area (TPSA) is 64.4 Å². The maximum atomic E-state index is 13.5. The molecule has 152 valence electrons. The van der Waals surface area contributed by atoms with Crippen molar-refractivity contribution >= 4 is 10.0 Å². The van der Waals surface area contributed by atoms with E-state index < -0.39 is 15.8 Å².